The molecule has 1 aliphatic heterocycles. The molecular weight excluding hydrogens is 255 g/mol. The number of hydrogen-bond donors (Lipinski definition) is 1. The first-order valence-corrected chi connectivity index (χ1v) is 7.06. The van der Waals surface area contributed by atoms with Crippen molar-refractivity contribution in [1.82, 2.24) is 0 Å². The van der Waals surface area contributed by atoms with Crippen LogP contribution in [0.2, 0.25) is 0 Å². The molecule has 4 heteroatoms. The number of aryl methyl sites for hydroxylation is 1. The van der Waals surface area contributed by atoms with E-state index in [0.29, 0.717) is 6.54 Å². The number of halogens is 1. The summed E-state index contributed by atoms with van der Waals surface area (Å²) in [5.41, 5.74) is 8.05. The summed E-state index contributed by atoms with van der Waals surface area (Å²) in [7, 11) is 0. The van der Waals surface area contributed by atoms with E-state index in [-0.39, 0.29) is 11.9 Å². The molecule has 2 aromatic rings. The maximum atomic E-state index is 13.5. The normalized spacial score (nSPS) is 15.4. The molecule has 1 atom stereocenters. The molecule has 1 unspecified atom stereocenters. The Balaban J connectivity index is 1.94. The summed E-state index contributed by atoms with van der Waals surface area (Å²) in [4.78, 5) is 2.15. The first kappa shape index (κ1) is 13.2. The Hall–Kier alpha value is -1.81. The van der Waals surface area contributed by atoms with Gasteiger partial charge in [0.1, 0.15) is 17.3 Å². The molecule has 1 aromatic carbocycles. The molecule has 106 valence electrons. The summed E-state index contributed by atoms with van der Waals surface area (Å²) in [6.07, 6.45) is 1.79. The van der Waals surface area contributed by atoms with Crippen molar-refractivity contribution >= 4 is 5.69 Å². The Labute approximate surface area is 118 Å². The van der Waals surface area contributed by atoms with Gasteiger partial charge in [0.25, 0.3) is 0 Å². The van der Waals surface area contributed by atoms with Crippen LogP contribution in [-0.2, 0) is 12.8 Å². The van der Waals surface area contributed by atoms with Crippen LogP contribution in [0.3, 0.4) is 0 Å². The number of benzene rings is 1. The van der Waals surface area contributed by atoms with E-state index in [9.17, 15) is 4.39 Å². The topological polar surface area (TPSA) is 42.4 Å². The van der Waals surface area contributed by atoms with E-state index in [0.717, 1.165) is 36.6 Å². The van der Waals surface area contributed by atoms with Gasteiger partial charge in [0.2, 0.25) is 0 Å². The molecule has 0 fully saturated rings. The van der Waals surface area contributed by atoms with Crippen LogP contribution >= 0.6 is 0 Å². The highest BCUT2D eigenvalue weighted by Gasteiger charge is 2.28. The van der Waals surface area contributed by atoms with Crippen molar-refractivity contribution in [2.45, 2.75) is 25.8 Å². The molecule has 0 radical (unpaired) electrons. The summed E-state index contributed by atoms with van der Waals surface area (Å²) < 4.78 is 19.3. The number of fused-ring (bicyclic) bond motifs is 1. The van der Waals surface area contributed by atoms with Crippen LogP contribution in [0.4, 0.5) is 10.1 Å². The summed E-state index contributed by atoms with van der Waals surface area (Å²) in [6, 6.07) is 8.90. The average molecular weight is 274 g/mol. The Morgan fingerprint density at radius 1 is 1.35 bits per heavy atom. The number of furan rings is 1. The van der Waals surface area contributed by atoms with Crippen LogP contribution in [0.15, 0.2) is 34.7 Å². The second-order valence-corrected chi connectivity index (χ2v) is 5.13. The van der Waals surface area contributed by atoms with Gasteiger partial charge in [-0.3, -0.25) is 0 Å². The van der Waals surface area contributed by atoms with Gasteiger partial charge in [-0.2, -0.15) is 0 Å². The summed E-state index contributed by atoms with van der Waals surface area (Å²) in [5, 5.41) is 0. The van der Waals surface area contributed by atoms with Crippen LogP contribution in [0.25, 0.3) is 0 Å². The minimum absolute atomic E-state index is 0.0293. The second kappa shape index (κ2) is 5.29. The molecule has 0 saturated heterocycles. The predicted molar refractivity (Wildman–Crippen MR) is 77.3 cm³/mol. The number of anilines is 1. The van der Waals surface area contributed by atoms with Gasteiger partial charge < -0.3 is 15.1 Å². The number of hydrogen-bond acceptors (Lipinski definition) is 3. The van der Waals surface area contributed by atoms with Gasteiger partial charge >= 0.3 is 0 Å². The Morgan fingerprint density at radius 2 is 2.20 bits per heavy atom. The molecule has 1 aliphatic rings. The van der Waals surface area contributed by atoms with Gasteiger partial charge in [0.05, 0.1) is 6.04 Å². The van der Waals surface area contributed by atoms with Crippen LogP contribution in [0.1, 0.15) is 30.0 Å². The lowest BCUT2D eigenvalue weighted by Crippen LogP contribution is -2.32. The van der Waals surface area contributed by atoms with E-state index in [4.69, 9.17) is 10.2 Å². The van der Waals surface area contributed by atoms with Crippen LogP contribution in [0, 0.1) is 5.82 Å². The highest BCUT2D eigenvalue weighted by Crippen LogP contribution is 2.35. The highest BCUT2D eigenvalue weighted by atomic mass is 19.1. The predicted octanol–water partition coefficient (Wildman–Crippen LogP) is 3.04. The van der Waals surface area contributed by atoms with Crippen molar-refractivity contribution < 1.29 is 8.81 Å². The molecule has 2 heterocycles. The fraction of sp³-hybridized carbons (Fsp3) is 0.375. The van der Waals surface area contributed by atoms with E-state index in [1.807, 2.05) is 18.2 Å². The third-order valence-corrected chi connectivity index (χ3v) is 3.94. The minimum Gasteiger partial charge on any atom is -0.464 e. The zero-order chi connectivity index (χ0) is 14.1. The molecule has 3 rings (SSSR count). The maximum absolute atomic E-state index is 13.5. The van der Waals surface area contributed by atoms with Gasteiger partial charge in [-0.25, -0.2) is 4.39 Å². The molecule has 0 spiro atoms. The van der Waals surface area contributed by atoms with Crippen molar-refractivity contribution in [3.05, 3.63) is 53.2 Å². The van der Waals surface area contributed by atoms with E-state index >= 15 is 0 Å². The van der Waals surface area contributed by atoms with Crippen molar-refractivity contribution in [3.8, 4) is 0 Å². The molecule has 2 N–H and O–H groups in total. The monoisotopic (exact) mass is 274 g/mol. The molecule has 0 bridgehead atoms. The maximum Gasteiger partial charge on any atom is 0.127 e. The second-order valence-electron chi connectivity index (χ2n) is 5.13. The quantitative estimate of drug-likeness (QED) is 0.931. The number of nitrogens with zero attached hydrogens (tertiary/aromatic N) is 1. The number of nitrogens with two attached hydrogens (primary N) is 1. The highest BCUT2D eigenvalue weighted by molar-refractivity contribution is 5.59. The number of rotatable bonds is 4. The van der Waals surface area contributed by atoms with Crippen LogP contribution in [0.5, 0.6) is 0 Å². The largest absolute Gasteiger partial charge is 0.464 e. The van der Waals surface area contributed by atoms with Crippen LogP contribution in [-0.4, -0.2) is 13.1 Å². The standard InChI is InChI=1S/C16H19FN2O/c1-2-13-5-6-16(20-13)15(10-18)19-8-7-11-3-4-12(17)9-14(11)19/h3-6,9,15H,2,7-8,10,18H2,1H3. The molecule has 20 heavy (non-hydrogen) atoms. The molecule has 3 nitrogen and oxygen atoms in total. The Bertz CT molecular complexity index is 608. The van der Waals surface area contributed by atoms with E-state index in [1.54, 1.807) is 6.07 Å². The van der Waals surface area contributed by atoms with Gasteiger partial charge in [-0.1, -0.05) is 13.0 Å². The Morgan fingerprint density at radius 3 is 2.90 bits per heavy atom. The van der Waals surface area contributed by atoms with Gasteiger partial charge in [0.15, 0.2) is 0 Å². The van der Waals surface area contributed by atoms with Gasteiger partial charge in [-0.05, 0) is 36.2 Å². The zero-order valence-corrected chi connectivity index (χ0v) is 11.6. The smallest absolute Gasteiger partial charge is 0.127 e. The lowest BCUT2D eigenvalue weighted by Gasteiger charge is -2.27. The van der Waals surface area contributed by atoms with Gasteiger partial charge in [0, 0.05) is 25.2 Å². The first-order chi connectivity index (χ1) is 9.72. The third kappa shape index (κ3) is 2.20. The van der Waals surface area contributed by atoms with E-state index in [2.05, 4.69) is 11.8 Å². The third-order valence-electron chi connectivity index (χ3n) is 3.94. The van der Waals surface area contributed by atoms with Crippen molar-refractivity contribution in [3.63, 3.8) is 0 Å². The average Bonchev–Trinajstić information content (AvgIpc) is 3.07. The van der Waals surface area contributed by atoms with Crippen molar-refractivity contribution in [2.24, 2.45) is 5.73 Å². The first-order valence-electron chi connectivity index (χ1n) is 7.06. The van der Waals surface area contributed by atoms with Crippen LogP contribution < -0.4 is 10.6 Å². The fourth-order valence-electron chi connectivity index (χ4n) is 2.86. The lowest BCUT2D eigenvalue weighted by molar-refractivity contribution is 0.427. The molecular formula is C16H19FN2O. The SMILES string of the molecule is CCc1ccc(C(CN)N2CCc3ccc(F)cc32)o1. The van der Waals surface area contributed by atoms with Crippen molar-refractivity contribution in [1.29, 1.82) is 0 Å². The zero-order valence-electron chi connectivity index (χ0n) is 11.6. The summed E-state index contributed by atoms with van der Waals surface area (Å²) in [5.74, 6) is 1.61. The summed E-state index contributed by atoms with van der Waals surface area (Å²) in [6.45, 7) is 3.36. The van der Waals surface area contributed by atoms with Crippen molar-refractivity contribution in [2.75, 3.05) is 18.0 Å². The van der Waals surface area contributed by atoms with Gasteiger partial charge in [-0.15, -0.1) is 0 Å². The fourth-order valence-corrected chi connectivity index (χ4v) is 2.86. The lowest BCUT2D eigenvalue weighted by atomic mass is 10.1. The van der Waals surface area contributed by atoms with E-state index in [1.165, 1.54) is 11.6 Å². The van der Waals surface area contributed by atoms with E-state index < -0.39 is 0 Å². The molecule has 0 saturated carbocycles. The molecule has 0 aliphatic carbocycles. The molecule has 0 amide bonds. The molecule has 1 aromatic heterocycles. The minimum atomic E-state index is -0.208. The summed E-state index contributed by atoms with van der Waals surface area (Å²) >= 11 is 0. The Kier molecular flexibility index (Phi) is 3.49.